The summed E-state index contributed by atoms with van der Waals surface area (Å²) in [7, 11) is 2.03. The molecule has 2 N–H and O–H groups in total. The Morgan fingerprint density at radius 1 is 1.40 bits per heavy atom. The van der Waals surface area contributed by atoms with Gasteiger partial charge in [-0.05, 0) is 50.0 Å². The van der Waals surface area contributed by atoms with Crippen LogP contribution in [-0.4, -0.2) is 15.3 Å². The van der Waals surface area contributed by atoms with Crippen molar-refractivity contribution in [2.45, 2.75) is 71.8 Å². The number of hydrogen-bond acceptors (Lipinski definition) is 2. The highest BCUT2D eigenvalue weighted by Gasteiger charge is 2.37. The fourth-order valence-electron chi connectivity index (χ4n) is 3.63. The summed E-state index contributed by atoms with van der Waals surface area (Å²) in [6.45, 7) is 9.17. The monoisotopic (exact) mass is 277 g/mol. The minimum Gasteiger partial charge on any atom is -0.325 e. The van der Waals surface area contributed by atoms with Crippen LogP contribution in [0.2, 0.25) is 0 Å². The van der Waals surface area contributed by atoms with Gasteiger partial charge < -0.3 is 5.73 Å². The van der Waals surface area contributed by atoms with E-state index in [1.165, 1.54) is 25.0 Å². The van der Waals surface area contributed by atoms with Crippen LogP contribution in [0.3, 0.4) is 0 Å². The molecule has 1 aliphatic rings. The largest absolute Gasteiger partial charge is 0.325 e. The van der Waals surface area contributed by atoms with Crippen molar-refractivity contribution in [1.29, 1.82) is 0 Å². The lowest BCUT2D eigenvalue weighted by Crippen LogP contribution is -2.47. The number of aromatic nitrogens is 2. The van der Waals surface area contributed by atoms with Crippen LogP contribution in [-0.2, 0) is 13.5 Å². The van der Waals surface area contributed by atoms with Crippen molar-refractivity contribution in [1.82, 2.24) is 9.78 Å². The summed E-state index contributed by atoms with van der Waals surface area (Å²) in [4.78, 5) is 0. The molecule has 0 atom stereocenters. The maximum absolute atomic E-state index is 6.68. The quantitative estimate of drug-likeness (QED) is 0.914. The van der Waals surface area contributed by atoms with Gasteiger partial charge in [0.1, 0.15) is 0 Å². The van der Waals surface area contributed by atoms with Crippen LogP contribution in [0.4, 0.5) is 0 Å². The highest BCUT2D eigenvalue weighted by molar-refractivity contribution is 5.13. The van der Waals surface area contributed by atoms with Crippen LogP contribution in [0.5, 0.6) is 0 Å². The van der Waals surface area contributed by atoms with Crippen LogP contribution in [0.15, 0.2) is 6.07 Å². The molecule has 20 heavy (non-hydrogen) atoms. The van der Waals surface area contributed by atoms with Gasteiger partial charge in [0, 0.05) is 24.7 Å². The second-order valence-electron chi connectivity index (χ2n) is 7.56. The maximum atomic E-state index is 6.68. The lowest BCUT2D eigenvalue weighted by molar-refractivity contribution is 0.114. The molecule has 1 aliphatic carbocycles. The molecule has 2 rings (SSSR count). The highest BCUT2D eigenvalue weighted by Crippen LogP contribution is 2.43. The van der Waals surface area contributed by atoms with E-state index in [2.05, 4.69) is 31.9 Å². The van der Waals surface area contributed by atoms with Crippen LogP contribution in [0, 0.1) is 18.3 Å². The topological polar surface area (TPSA) is 43.8 Å². The molecule has 0 aliphatic heterocycles. The van der Waals surface area contributed by atoms with Gasteiger partial charge in [0.15, 0.2) is 0 Å². The Bertz CT molecular complexity index is 451. The van der Waals surface area contributed by atoms with E-state index in [1.54, 1.807) is 0 Å². The normalized spacial score (nSPS) is 27.8. The number of nitrogens with zero attached hydrogens (tertiary/aromatic N) is 2. The fraction of sp³-hybridized carbons (Fsp3) is 0.824. The van der Waals surface area contributed by atoms with E-state index in [4.69, 9.17) is 5.73 Å². The van der Waals surface area contributed by atoms with Gasteiger partial charge in [-0.2, -0.15) is 5.10 Å². The average Bonchev–Trinajstić information content (AvgIpc) is 2.67. The molecule has 0 radical (unpaired) electrons. The van der Waals surface area contributed by atoms with E-state index in [9.17, 15) is 0 Å². The summed E-state index contributed by atoms with van der Waals surface area (Å²) in [5.41, 5.74) is 9.48. The number of aryl methyl sites for hydroxylation is 2. The zero-order valence-corrected chi connectivity index (χ0v) is 13.9. The van der Waals surface area contributed by atoms with E-state index in [1.807, 2.05) is 18.7 Å². The molecule has 1 fully saturated rings. The molecule has 0 amide bonds. The van der Waals surface area contributed by atoms with Gasteiger partial charge in [0.2, 0.25) is 0 Å². The minimum atomic E-state index is -0.0272. The third kappa shape index (κ3) is 3.25. The molecular formula is C17H31N3. The first-order valence-electron chi connectivity index (χ1n) is 8.04. The number of nitrogens with two attached hydrogens (primary N) is 1. The third-order valence-electron chi connectivity index (χ3n) is 5.63. The standard InChI is InChI=1S/C17H31N3/c1-6-16(3,4)14-7-9-17(18,10-8-14)12-15-11-13(2)19-20(15)5/h11,14H,6-10,12,18H2,1-5H3. The van der Waals surface area contributed by atoms with E-state index in [0.29, 0.717) is 5.41 Å². The summed E-state index contributed by atoms with van der Waals surface area (Å²) in [6, 6.07) is 2.18. The van der Waals surface area contributed by atoms with E-state index in [0.717, 1.165) is 30.9 Å². The average molecular weight is 277 g/mol. The Labute approximate surface area is 123 Å². The van der Waals surface area contributed by atoms with Crippen molar-refractivity contribution in [3.8, 4) is 0 Å². The molecule has 0 bridgehead atoms. The lowest BCUT2D eigenvalue weighted by atomic mass is 9.65. The Morgan fingerprint density at radius 2 is 2.00 bits per heavy atom. The molecule has 0 spiro atoms. The van der Waals surface area contributed by atoms with Crippen molar-refractivity contribution in [3.63, 3.8) is 0 Å². The predicted octanol–water partition coefficient (Wildman–Crippen LogP) is 3.59. The number of rotatable bonds is 4. The molecule has 1 heterocycles. The molecule has 114 valence electrons. The summed E-state index contributed by atoms with van der Waals surface area (Å²) in [6.07, 6.45) is 7.05. The second kappa shape index (κ2) is 5.51. The van der Waals surface area contributed by atoms with Gasteiger partial charge in [-0.15, -0.1) is 0 Å². The first kappa shape index (κ1) is 15.6. The molecule has 3 nitrogen and oxygen atoms in total. The van der Waals surface area contributed by atoms with Crippen molar-refractivity contribution >= 4 is 0 Å². The first-order chi connectivity index (χ1) is 9.26. The van der Waals surface area contributed by atoms with Gasteiger partial charge in [0.25, 0.3) is 0 Å². The Kier molecular flexibility index (Phi) is 4.29. The molecule has 3 heteroatoms. The fourth-order valence-corrected chi connectivity index (χ4v) is 3.63. The molecular weight excluding hydrogens is 246 g/mol. The Balaban J connectivity index is 2.00. The van der Waals surface area contributed by atoms with Gasteiger partial charge in [0.05, 0.1) is 5.69 Å². The van der Waals surface area contributed by atoms with Crippen LogP contribution >= 0.6 is 0 Å². The van der Waals surface area contributed by atoms with Gasteiger partial charge in [-0.3, -0.25) is 4.68 Å². The van der Waals surface area contributed by atoms with Crippen molar-refractivity contribution in [3.05, 3.63) is 17.5 Å². The molecule has 0 unspecified atom stereocenters. The first-order valence-corrected chi connectivity index (χ1v) is 8.04. The van der Waals surface area contributed by atoms with Crippen LogP contribution in [0.25, 0.3) is 0 Å². The summed E-state index contributed by atoms with van der Waals surface area (Å²) >= 11 is 0. The lowest BCUT2D eigenvalue weighted by Gasteiger charge is -2.43. The molecule has 0 saturated heterocycles. The van der Waals surface area contributed by atoms with Crippen molar-refractivity contribution < 1.29 is 0 Å². The van der Waals surface area contributed by atoms with Gasteiger partial charge in [-0.1, -0.05) is 27.2 Å². The van der Waals surface area contributed by atoms with Crippen molar-refractivity contribution in [2.75, 3.05) is 0 Å². The summed E-state index contributed by atoms with van der Waals surface area (Å²) < 4.78 is 1.99. The SMILES string of the molecule is CCC(C)(C)C1CCC(N)(Cc2cc(C)nn2C)CC1. The third-order valence-corrected chi connectivity index (χ3v) is 5.63. The molecule has 1 aromatic heterocycles. The van der Waals surface area contributed by atoms with E-state index < -0.39 is 0 Å². The number of hydrogen-bond donors (Lipinski definition) is 1. The van der Waals surface area contributed by atoms with Crippen LogP contribution in [0.1, 0.15) is 64.3 Å². The zero-order chi connectivity index (χ0) is 15.0. The Morgan fingerprint density at radius 3 is 2.45 bits per heavy atom. The van der Waals surface area contributed by atoms with E-state index in [-0.39, 0.29) is 5.54 Å². The van der Waals surface area contributed by atoms with E-state index >= 15 is 0 Å². The van der Waals surface area contributed by atoms with Gasteiger partial charge in [-0.25, -0.2) is 0 Å². The predicted molar refractivity (Wildman–Crippen MR) is 84.6 cm³/mol. The molecule has 0 aromatic carbocycles. The highest BCUT2D eigenvalue weighted by atomic mass is 15.3. The second-order valence-corrected chi connectivity index (χ2v) is 7.56. The zero-order valence-electron chi connectivity index (χ0n) is 13.9. The van der Waals surface area contributed by atoms with Crippen LogP contribution < -0.4 is 5.73 Å². The summed E-state index contributed by atoms with van der Waals surface area (Å²) in [5, 5.41) is 4.44. The maximum Gasteiger partial charge on any atom is 0.0596 e. The summed E-state index contributed by atoms with van der Waals surface area (Å²) in [5.74, 6) is 0.831. The van der Waals surface area contributed by atoms with Gasteiger partial charge >= 0.3 is 0 Å². The van der Waals surface area contributed by atoms with Crippen molar-refractivity contribution in [2.24, 2.45) is 24.1 Å². The molecule has 1 saturated carbocycles. The smallest absolute Gasteiger partial charge is 0.0596 e. The molecule has 1 aromatic rings. The minimum absolute atomic E-state index is 0.0272. The Hall–Kier alpha value is -0.830.